The van der Waals surface area contributed by atoms with Crippen LogP contribution in [0.1, 0.15) is 50.3 Å². The fraction of sp³-hybridized carbons (Fsp3) is 0.467. The van der Waals surface area contributed by atoms with E-state index in [4.69, 9.17) is 4.52 Å². The van der Waals surface area contributed by atoms with E-state index in [-0.39, 0.29) is 23.1 Å². The highest BCUT2D eigenvalue weighted by Crippen LogP contribution is 2.34. The molecule has 1 saturated carbocycles. The lowest BCUT2D eigenvalue weighted by Gasteiger charge is -2.07. The minimum atomic E-state index is -0.555. The number of halogens is 1. The van der Waals surface area contributed by atoms with E-state index in [1.54, 1.807) is 0 Å². The van der Waals surface area contributed by atoms with E-state index in [0.29, 0.717) is 5.82 Å². The number of aromatic hydroxyl groups is 1. The van der Waals surface area contributed by atoms with Crippen molar-refractivity contribution >= 4 is 0 Å². The zero-order valence-electron chi connectivity index (χ0n) is 11.2. The Balaban J connectivity index is 1.90. The van der Waals surface area contributed by atoms with Crippen LogP contribution in [-0.2, 0) is 0 Å². The standard InChI is InChI=1S/C15H17FN2O2/c16-11-8-5-9-12(19)13(11)15-17-14(18-20-15)10-6-3-1-2-4-7-10/h5,8-10,19H,1-4,6-7H2. The van der Waals surface area contributed by atoms with Crippen molar-refractivity contribution in [3.63, 3.8) is 0 Å². The van der Waals surface area contributed by atoms with Gasteiger partial charge in [-0.05, 0) is 25.0 Å². The molecule has 0 unspecified atom stereocenters. The first kappa shape index (κ1) is 13.1. The number of rotatable bonds is 2. The zero-order valence-corrected chi connectivity index (χ0v) is 11.2. The molecular formula is C15H17FN2O2. The fourth-order valence-electron chi connectivity index (χ4n) is 2.76. The molecule has 0 amide bonds. The molecule has 106 valence electrons. The molecule has 4 nitrogen and oxygen atoms in total. The molecule has 1 heterocycles. The van der Waals surface area contributed by atoms with Crippen LogP contribution < -0.4 is 0 Å². The molecule has 1 fully saturated rings. The summed E-state index contributed by atoms with van der Waals surface area (Å²) < 4.78 is 18.9. The third-order valence-electron chi connectivity index (χ3n) is 3.87. The van der Waals surface area contributed by atoms with Gasteiger partial charge >= 0.3 is 0 Å². The number of phenols is 1. The maximum atomic E-state index is 13.8. The monoisotopic (exact) mass is 276 g/mol. The average Bonchev–Trinajstić information content (AvgIpc) is 2.74. The van der Waals surface area contributed by atoms with Gasteiger partial charge < -0.3 is 9.63 Å². The molecule has 0 spiro atoms. The van der Waals surface area contributed by atoms with Crippen molar-refractivity contribution in [2.75, 3.05) is 0 Å². The summed E-state index contributed by atoms with van der Waals surface area (Å²) in [6.45, 7) is 0. The minimum Gasteiger partial charge on any atom is -0.507 e. The van der Waals surface area contributed by atoms with Crippen LogP contribution in [0.15, 0.2) is 22.7 Å². The lowest BCUT2D eigenvalue weighted by Crippen LogP contribution is -1.99. The van der Waals surface area contributed by atoms with Crippen LogP contribution in [0.25, 0.3) is 11.5 Å². The maximum absolute atomic E-state index is 13.8. The van der Waals surface area contributed by atoms with Crippen molar-refractivity contribution < 1.29 is 14.0 Å². The second-order valence-corrected chi connectivity index (χ2v) is 5.28. The Hall–Kier alpha value is -1.91. The number of hydrogen-bond acceptors (Lipinski definition) is 4. The van der Waals surface area contributed by atoms with Gasteiger partial charge in [0.05, 0.1) is 0 Å². The second-order valence-electron chi connectivity index (χ2n) is 5.28. The van der Waals surface area contributed by atoms with E-state index in [9.17, 15) is 9.50 Å². The van der Waals surface area contributed by atoms with Gasteiger partial charge in [-0.25, -0.2) is 4.39 Å². The lowest BCUT2D eigenvalue weighted by molar-refractivity contribution is 0.403. The highest BCUT2D eigenvalue weighted by Gasteiger charge is 2.23. The van der Waals surface area contributed by atoms with Crippen molar-refractivity contribution in [1.29, 1.82) is 0 Å². The quantitative estimate of drug-likeness (QED) is 0.842. The molecule has 0 aliphatic heterocycles. The predicted octanol–water partition coefficient (Wildman–Crippen LogP) is 4.02. The molecule has 0 bridgehead atoms. The van der Waals surface area contributed by atoms with Crippen molar-refractivity contribution in [2.24, 2.45) is 0 Å². The molecule has 0 saturated heterocycles. The number of benzene rings is 1. The van der Waals surface area contributed by atoms with E-state index >= 15 is 0 Å². The molecule has 1 aromatic heterocycles. The van der Waals surface area contributed by atoms with Crippen LogP contribution in [0.2, 0.25) is 0 Å². The van der Waals surface area contributed by atoms with E-state index in [0.717, 1.165) is 12.8 Å². The molecule has 1 aromatic carbocycles. The normalized spacial score (nSPS) is 17.1. The Morgan fingerprint density at radius 1 is 1.15 bits per heavy atom. The van der Waals surface area contributed by atoms with Crippen LogP contribution >= 0.6 is 0 Å². The summed E-state index contributed by atoms with van der Waals surface area (Å²) in [4.78, 5) is 4.29. The van der Waals surface area contributed by atoms with Crippen molar-refractivity contribution in [3.8, 4) is 17.2 Å². The SMILES string of the molecule is Oc1cccc(F)c1-c1nc(C2CCCCCC2)no1. The third kappa shape index (κ3) is 2.53. The summed E-state index contributed by atoms with van der Waals surface area (Å²) in [6.07, 6.45) is 6.91. The summed E-state index contributed by atoms with van der Waals surface area (Å²) in [7, 11) is 0. The molecule has 0 radical (unpaired) electrons. The minimum absolute atomic E-state index is 0.0140. The molecule has 0 atom stereocenters. The first-order chi connectivity index (χ1) is 9.75. The van der Waals surface area contributed by atoms with E-state index < -0.39 is 5.82 Å². The maximum Gasteiger partial charge on any atom is 0.264 e. The summed E-state index contributed by atoms with van der Waals surface area (Å²) in [5, 5.41) is 13.7. The van der Waals surface area contributed by atoms with Gasteiger partial charge in [-0.3, -0.25) is 0 Å². The van der Waals surface area contributed by atoms with Gasteiger partial charge in [-0.15, -0.1) is 0 Å². The molecule has 1 aliphatic carbocycles. The van der Waals surface area contributed by atoms with Gasteiger partial charge in [0, 0.05) is 5.92 Å². The van der Waals surface area contributed by atoms with E-state index in [1.807, 2.05) is 0 Å². The first-order valence-electron chi connectivity index (χ1n) is 7.07. The van der Waals surface area contributed by atoms with E-state index in [2.05, 4.69) is 10.1 Å². The molecule has 5 heteroatoms. The van der Waals surface area contributed by atoms with Crippen LogP contribution in [0.4, 0.5) is 4.39 Å². The summed E-state index contributed by atoms with van der Waals surface area (Å²) >= 11 is 0. The Bertz CT molecular complexity index is 569. The predicted molar refractivity (Wildman–Crippen MR) is 71.8 cm³/mol. The molecule has 1 aliphatic rings. The van der Waals surface area contributed by atoms with Gasteiger partial charge in [-0.2, -0.15) is 4.98 Å². The van der Waals surface area contributed by atoms with Gasteiger partial charge in [0.15, 0.2) is 5.82 Å². The lowest BCUT2D eigenvalue weighted by atomic mass is 10.00. The largest absolute Gasteiger partial charge is 0.507 e. The molecule has 3 rings (SSSR count). The van der Waals surface area contributed by atoms with Crippen LogP contribution in [0, 0.1) is 5.82 Å². The summed E-state index contributed by atoms with van der Waals surface area (Å²) in [5.74, 6) is 0.232. The Kier molecular flexibility index (Phi) is 3.67. The van der Waals surface area contributed by atoms with Crippen LogP contribution in [-0.4, -0.2) is 15.2 Å². The topological polar surface area (TPSA) is 59.2 Å². The van der Waals surface area contributed by atoms with Crippen molar-refractivity contribution in [3.05, 3.63) is 29.8 Å². The molecule has 20 heavy (non-hydrogen) atoms. The number of hydrogen-bond donors (Lipinski definition) is 1. The average molecular weight is 276 g/mol. The molecule has 2 aromatic rings. The highest BCUT2D eigenvalue weighted by molar-refractivity contribution is 5.62. The van der Waals surface area contributed by atoms with E-state index in [1.165, 1.54) is 43.9 Å². The van der Waals surface area contributed by atoms with Crippen molar-refractivity contribution in [1.82, 2.24) is 10.1 Å². The Morgan fingerprint density at radius 3 is 2.60 bits per heavy atom. The zero-order chi connectivity index (χ0) is 13.9. The summed E-state index contributed by atoms with van der Waals surface area (Å²) in [5.41, 5.74) is -0.0140. The summed E-state index contributed by atoms with van der Waals surface area (Å²) in [6, 6.07) is 4.12. The third-order valence-corrected chi connectivity index (χ3v) is 3.87. The Morgan fingerprint density at radius 2 is 1.90 bits per heavy atom. The first-order valence-corrected chi connectivity index (χ1v) is 7.07. The smallest absolute Gasteiger partial charge is 0.264 e. The van der Waals surface area contributed by atoms with Crippen molar-refractivity contribution in [2.45, 2.75) is 44.4 Å². The van der Waals surface area contributed by atoms with Gasteiger partial charge in [0.2, 0.25) is 0 Å². The van der Waals surface area contributed by atoms with Gasteiger partial charge in [-0.1, -0.05) is 36.9 Å². The van der Waals surface area contributed by atoms with Crippen LogP contribution in [0.3, 0.4) is 0 Å². The highest BCUT2D eigenvalue weighted by atomic mass is 19.1. The number of phenolic OH excluding ortho intramolecular Hbond substituents is 1. The van der Waals surface area contributed by atoms with Gasteiger partial charge in [0.1, 0.15) is 17.1 Å². The number of aromatic nitrogens is 2. The molecule has 1 N–H and O–H groups in total. The van der Waals surface area contributed by atoms with Crippen LogP contribution in [0.5, 0.6) is 5.75 Å². The van der Waals surface area contributed by atoms with Gasteiger partial charge in [0.25, 0.3) is 5.89 Å². The number of nitrogens with zero attached hydrogens (tertiary/aromatic N) is 2. The molecular weight excluding hydrogens is 259 g/mol. The Labute approximate surface area is 116 Å². The second kappa shape index (κ2) is 5.61. The fourth-order valence-corrected chi connectivity index (χ4v) is 2.76.